The lowest BCUT2D eigenvalue weighted by atomic mass is 10.0. The van der Waals surface area contributed by atoms with E-state index in [4.69, 9.17) is 34.1 Å². The molecule has 0 saturated heterocycles. The average Bonchev–Trinajstić information content (AvgIpc) is 2.40. The standard InChI is InChI=1S/C12H15Cl2N3O2/c1-2-4-7(11(15)17-19)12(18)16-9-6-3-5-8(13)10(9)14/h3,5-7,19H,2,4H2,1H3,(H2,15,17)(H,16,18). The van der Waals surface area contributed by atoms with Crippen molar-refractivity contribution in [2.45, 2.75) is 19.8 Å². The first kappa shape index (κ1) is 15.6. The van der Waals surface area contributed by atoms with Gasteiger partial charge >= 0.3 is 0 Å². The normalized spacial score (nSPS) is 13.1. The van der Waals surface area contributed by atoms with E-state index in [0.717, 1.165) is 6.42 Å². The van der Waals surface area contributed by atoms with Crippen LogP contribution in [0.1, 0.15) is 19.8 Å². The highest BCUT2D eigenvalue weighted by molar-refractivity contribution is 6.44. The largest absolute Gasteiger partial charge is 0.409 e. The van der Waals surface area contributed by atoms with E-state index in [0.29, 0.717) is 17.1 Å². The van der Waals surface area contributed by atoms with E-state index in [-0.39, 0.29) is 16.8 Å². The molecule has 1 aromatic carbocycles. The summed E-state index contributed by atoms with van der Waals surface area (Å²) in [6.07, 6.45) is 1.19. The zero-order chi connectivity index (χ0) is 14.4. The highest BCUT2D eigenvalue weighted by Crippen LogP contribution is 2.30. The van der Waals surface area contributed by atoms with Gasteiger partial charge in [-0.2, -0.15) is 0 Å². The third-order valence-corrected chi connectivity index (χ3v) is 3.39. The van der Waals surface area contributed by atoms with E-state index in [1.54, 1.807) is 18.2 Å². The molecule has 1 rings (SSSR count). The van der Waals surface area contributed by atoms with Crippen LogP contribution in [0.25, 0.3) is 0 Å². The highest BCUT2D eigenvalue weighted by atomic mass is 35.5. The van der Waals surface area contributed by atoms with Gasteiger partial charge in [0.05, 0.1) is 21.7 Å². The van der Waals surface area contributed by atoms with E-state index >= 15 is 0 Å². The van der Waals surface area contributed by atoms with Gasteiger partial charge < -0.3 is 16.3 Å². The molecule has 0 fully saturated rings. The number of rotatable bonds is 5. The van der Waals surface area contributed by atoms with Gasteiger partial charge in [0.25, 0.3) is 0 Å². The Hall–Kier alpha value is -1.46. The number of hydrogen-bond acceptors (Lipinski definition) is 3. The van der Waals surface area contributed by atoms with Gasteiger partial charge in [0.1, 0.15) is 0 Å². The molecule has 0 aliphatic rings. The molecule has 0 radical (unpaired) electrons. The van der Waals surface area contributed by atoms with Gasteiger partial charge in [0.15, 0.2) is 5.84 Å². The number of carbonyl (C=O) groups excluding carboxylic acids is 1. The lowest BCUT2D eigenvalue weighted by molar-refractivity contribution is -0.118. The van der Waals surface area contributed by atoms with Gasteiger partial charge in [-0.05, 0) is 18.6 Å². The minimum absolute atomic E-state index is 0.127. The maximum atomic E-state index is 12.1. The Balaban J connectivity index is 2.90. The van der Waals surface area contributed by atoms with Crippen LogP contribution in [0.4, 0.5) is 5.69 Å². The number of nitrogens with two attached hydrogens (primary N) is 1. The molecular formula is C12H15Cl2N3O2. The monoisotopic (exact) mass is 303 g/mol. The Kier molecular flexibility index (Phi) is 5.92. The van der Waals surface area contributed by atoms with Gasteiger partial charge in [0.2, 0.25) is 5.91 Å². The molecule has 1 atom stereocenters. The predicted octanol–water partition coefficient (Wildman–Crippen LogP) is 3.09. The predicted molar refractivity (Wildman–Crippen MR) is 76.9 cm³/mol. The smallest absolute Gasteiger partial charge is 0.235 e. The number of amidine groups is 1. The zero-order valence-electron chi connectivity index (χ0n) is 10.4. The number of anilines is 1. The SMILES string of the molecule is CCCC(C(=O)Nc1cccc(Cl)c1Cl)C(N)=NO. The number of oxime groups is 1. The van der Waals surface area contributed by atoms with Crippen LogP contribution in [0.15, 0.2) is 23.4 Å². The molecule has 1 unspecified atom stereocenters. The Morgan fingerprint density at radius 3 is 2.79 bits per heavy atom. The fourth-order valence-electron chi connectivity index (χ4n) is 1.59. The Morgan fingerprint density at radius 2 is 2.21 bits per heavy atom. The number of hydrogen-bond donors (Lipinski definition) is 3. The first-order valence-electron chi connectivity index (χ1n) is 5.73. The first-order valence-corrected chi connectivity index (χ1v) is 6.49. The fraction of sp³-hybridized carbons (Fsp3) is 0.333. The summed E-state index contributed by atoms with van der Waals surface area (Å²) in [6, 6.07) is 4.91. The lowest BCUT2D eigenvalue weighted by Crippen LogP contribution is -2.34. The van der Waals surface area contributed by atoms with Gasteiger partial charge in [-0.15, -0.1) is 0 Å². The molecule has 5 nitrogen and oxygen atoms in total. The summed E-state index contributed by atoms with van der Waals surface area (Å²) >= 11 is 11.8. The van der Waals surface area contributed by atoms with Crippen molar-refractivity contribution in [1.29, 1.82) is 0 Å². The summed E-state index contributed by atoms with van der Waals surface area (Å²) in [6.45, 7) is 1.90. The lowest BCUT2D eigenvalue weighted by Gasteiger charge is -2.15. The van der Waals surface area contributed by atoms with E-state index in [9.17, 15) is 4.79 Å². The van der Waals surface area contributed by atoms with Crippen molar-refractivity contribution in [3.05, 3.63) is 28.2 Å². The molecule has 0 heterocycles. The maximum absolute atomic E-state index is 12.1. The van der Waals surface area contributed by atoms with Crippen molar-refractivity contribution in [3.8, 4) is 0 Å². The molecule has 0 saturated carbocycles. The number of halogens is 2. The maximum Gasteiger partial charge on any atom is 0.235 e. The van der Waals surface area contributed by atoms with Crippen molar-refractivity contribution < 1.29 is 10.0 Å². The summed E-state index contributed by atoms with van der Waals surface area (Å²) in [5.74, 6) is -1.22. The number of amides is 1. The average molecular weight is 304 g/mol. The number of benzene rings is 1. The van der Waals surface area contributed by atoms with Crippen LogP contribution in [-0.2, 0) is 4.79 Å². The molecule has 0 aliphatic carbocycles. The minimum Gasteiger partial charge on any atom is -0.409 e. The summed E-state index contributed by atoms with van der Waals surface area (Å²) in [4.78, 5) is 12.1. The van der Waals surface area contributed by atoms with Crippen LogP contribution in [0.5, 0.6) is 0 Å². The van der Waals surface area contributed by atoms with E-state index in [1.807, 2.05) is 6.92 Å². The second-order valence-electron chi connectivity index (χ2n) is 3.96. The van der Waals surface area contributed by atoms with Gasteiger partial charge in [-0.1, -0.05) is 47.8 Å². The van der Waals surface area contributed by atoms with Gasteiger partial charge in [-0.25, -0.2) is 0 Å². The molecule has 0 spiro atoms. The zero-order valence-corrected chi connectivity index (χ0v) is 11.9. The van der Waals surface area contributed by atoms with Crippen molar-refractivity contribution in [2.75, 3.05) is 5.32 Å². The van der Waals surface area contributed by atoms with Gasteiger partial charge in [-0.3, -0.25) is 4.79 Å². The summed E-state index contributed by atoms with van der Waals surface area (Å²) in [7, 11) is 0. The molecule has 4 N–H and O–H groups in total. The molecule has 0 aromatic heterocycles. The van der Waals surface area contributed by atoms with Crippen LogP contribution >= 0.6 is 23.2 Å². The fourth-order valence-corrected chi connectivity index (χ4v) is 1.94. The number of nitrogens with one attached hydrogen (secondary N) is 1. The topological polar surface area (TPSA) is 87.7 Å². The van der Waals surface area contributed by atoms with Crippen LogP contribution in [0.3, 0.4) is 0 Å². The summed E-state index contributed by atoms with van der Waals surface area (Å²) < 4.78 is 0. The van der Waals surface area contributed by atoms with Crippen LogP contribution in [0.2, 0.25) is 10.0 Å². The van der Waals surface area contributed by atoms with Crippen molar-refractivity contribution in [3.63, 3.8) is 0 Å². The van der Waals surface area contributed by atoms with E-state index in [2.05, 4.69) is 10.5 Å². The molecule has 0 aliphatic heterocycles. The minimum atomic E-state index is -0.704. The van der Waals surface area contributed by atoms with E-state index in [1.165, 1.54) is 0 Å². The molecular weight excluding hydrogens is 289 g/mol. The number of carbonyl (C=O) groups is 1. The van der Waals surface area contributed by atoms with E-state index < -0.39 is 5.92 Å². The van der Waals surface area contributed by atoms with Crippen molar-refractivity contribution >= 4 is 40.6 Å². The first-order chi connectivity index (χ1) is 9.01. The Labute approximate surface area is 121 Å². The second-order valence-corrected chi connectivity index (χ2v) is 4.74. The molecule has 7 heteroatoms. The van der Waals surface area contributed by atoms with Crippen LogP contribution in [-0.4, -0.2) is 17.0 Å². The van der Waals surface area contributed by atoms with Crippen LogP contribution < -0.4 is 11.1 Å². The summed E-state index contributed by atoms with van der Waals surface area (Å²) in [5.41, 5.74) is 5.90. The van der Waals surface area contributed by atoms with Crippen molar-refractivity contribution in [2.24, 2.45) is 16.8 Å². The Bertz CT molecular complexity index is 492. The molecule has 1 aromatic rings. The second kappa shape index (κ2) is 7.21. The van der Waals surface area contributed by atoms with Crippen LogP contribution in [0, 0.1) is 5.92 Å². The molecule has 104 valence electrons. The van der Waals surface area contributed by atoms with Gasteiger partial charge in [0, 0.05) is 0 Å². The Morgan fingerprint density at radius 1 is 1.53 bits per heavy atom. The summed E-state index contributed by atoms with van der Waals surface area (Å²) in [5, 5.41) is 14.8. The van der Waals surface area contributed by atoms with Crippen molar-refractivity contribution in [1.82, 2.24) is 0 Å². The highest BCUT2D eigenvalue weighted by Gasteiger charge is 2.23. The molecule has 0 bridgehead atoms. The quantitative estimate of drug-likeness (QED) is 0.338. The third-order valence-electron chi connectivity index (χ3n) is 2.58. The number of nitrogens with zero attached hydrogens (tertiary/aromatic N) is 1. The molecule has 1 amide bonds. The molecule has 19 heavy (non-hydrogen) atoms. The third kappa shape index (κ3) is 4.01.